The van der Waals surface area contributed by atoms with Crippen LogP contribution < -0.4 is 0 Å². The fourth-order valence-electron chi connectivity index (χ4n) is 2.22. The molecule has 0 aromatic carbocycles. The number of hydrogen-bond acceptors (Lipinski definition) is 3. The first-order valence-electron chi connectivity index (χ1n) is 6.48. The van der Waals surface area contributed by atoms with E-state index in [0.29, 0.717) is 16.2 Å². The molecule has 0 N–H and O–H groups in total. The highest BCUT2D eigenvalue weighted by Gasteiger charge is 2.32. The molecule has 1 atom stereocenters. The lowest BCUT2D eigenvalue weighted by atomic mass is 9.94. The molecule has 1 saturated heterocycles. The van der Waals surface area contributed by atoms with Gasteiger partial charge in [-0.2, -0.15) is 0 Å². The van der Waals surface area contributed by atoms with Gasteiger partial charge in [0.25, 0.3) is 5.91 Å². The normalized spacial score (nSPS) is 26.7. The highest BCUT2D eigenvalue weighted by molar-refractivity contribution is 8.26. The van der Waals surface area contributed by atoms with Crippen LogP contribution in [0.2, 0.25) is 0 Å². The summed E-state index contributed by atoms with van der Waals surface area (Å²) in [5.74, 6) is 1.06. The molecule has 1 amide bonds. The highest BCUT2D eigenvalue weighted by Crippen LogP contribution is 2.34. The zero-order valence-corrected chi connectivity index (χ0v) is 12.5. The van der Waals surface area contributed by atoms with Crippen LogP contribution in [-0.2, 0) is 4.79 Å². The molecule has 4 heteroatoms. The third-order valence-corrected chi connectivity index (χ3v) is 4.51. The fourth-order valence-corrected chi connectivity index (χ4v) is 3.56. The van der Waals surface area contributed by atoms with Gasteiger partial charge in [0.05, 0.1) is 4.91 Å². The lowest BCUT2D eigenvalue weighted by Gasteiger charge is -2.17. The van der Waals surface area contributed by atoms with Gasteiger partial charge in [-0.1, -0.05) is 56.1 Å². The quantitative estimate of drug-likeness (QED) is 0.446. The number of thiocarbonyl (C=S) groups is 1. The van der Waals surface area contributed by atoms with Gasteiger partial charge in [-0.25, -0.2) is 0 Å². The minimum absolute atomic E-state index is 0.105. The Morgan fingerprint density at radius 3 is 2.94 bits per heavy atom. The summed E-state index contributed by atoms with van der Waals surface area (Å²) in [6, 6.07) is 0. The van der Waals surface area contributed by atoms with E-state index in [-0.39, 0.29) is 5.91 Å². The van der Waals surface area contributed by atoms with Crippen molar-refractivity contribution in [1.29, 1.82) is 0 Å². The predicted molar refractivity (Wildman–Crippen MR) is 81.3 cm³/mol. The summed E-state index contributed by atoms with van der Waals surface area (Å²) >= 11 is 6.76. The number of thioether (sulfide) groups is 1. The van der Waals surface area contributed by atoms with Gasteiger partial charge in [-0.3, -0.25) is 9.69 Å². The molecule has 1 fully saturated rings. The number of carbonyl (C=O) groups is 1. The van der Waals surface area contributed by atoms with Crippen molar-refractivity contribution in [3.8, 4) is 0 Å². The van der Waals surface area contributed by atoms with Gasteiger partial charge in [-0.05, 0) is 31.1 Å². The number of rotatable bonds is 3. The first-order valence-corrected chi connectivity index (χ1v) is 7.71. The molecule has 0 aromatic rings. The summed E-state index contributed by atoms with van der Waals surface area (Å²) in [7, 11) is 0. The smallest absolute Gasteiger partial charge is 0.265 e. The van der Waals surface area contributed by atoms with Gasteiger partial charge in [0.2, 0.25) is 0 Å². The van der Waals surface area contributed by atoms with Crippen LogP contribution in [0.3, 0.4) is 0 Å². The van der Waals surface area contributed by atoms with Crippen molar-refractivity contribution in [2.24, 2.45) is 11.8 Å². The third-order valence-electron chi connectivity index (χ3n) is 3.12. The van der Waals surface area contributed by atoms with Crippen LogP contribution in [0.4, 0.5) is 0 Å². The van der Waals surface area contributed by atoms with Gasteiger partial charge in [-0.15, -0.1) is 0 Å². The van der Waals surface area contributed by atoms with Crippen molar-refractivity contribution in [2.45, 2.75) is 33.1 Å². The zero-order chi connectivity index (χ0) is 13.1. The molecule has 0 aromatic heterocycles. The van der Waals surface area contributed by atoms with Crippen molar-refractivity contribution in [1.82, 2.24) is 4.90 Å². The SMILES string of the molecule is CC(C)CN1C(=O)/C(=C/[C@@H]2CC=CCC2)SC1=S. The van der Waals surface area contributed by atoms with Crippen molar-refractivity contribution in [2.75, 3.05) is 6.54 Å². The van der Waals surface area contributed by atoms with Gasteiger partial charge >= 0.3 is 0 Å². The maximum atomic E-state index is 12.3. The Balaban J connectivity index is 2.07. The van der Waals surface area contributed by atoms with Crippen LogP contribution in [0, 0.1) is 11.8 Å². The van der Waals surface area contributed by atoms with Crippen molar-refractivity contribution in [3.05, 3.63) is 23.1 Å². The van der Waals surface area contributed by atoms with E-state index in [2.05, 4.69) is 32.1 Å². The van der Waals surface area contributed by atoms with E-state index in [0.717, 1.165) is 30.7 Å². The van der Waals surface area contributed by atoms with E-state index in [9.17, 15) is 4.79 Å². The molecule has 1 heterocycles. The Bertz CT molecular complexity index is 412. The van der Waals surface area contributed by atoms with E-state index in [4.69, 9.17) is 12.2 Å². The van der Waals surface area contributed by atoms with Crippen molar-refractivity contribution >= 4 is 34.2 Å². The molecule has 1 aliphatic carbocycles. The minimum atomic E-state index is 0.105. The van der Waals surface area contributed by atoms with Crippen LogP contribution in [-0.4, -0.2) is 21.7 Å². The number of amides is 1. The zero-order valence-electron chi connectivity index (χ0n) is 10.9. The molecule has 2 nitrogen and oxygen atoms in total. The summed E-state index contributed by atoms with van der Waals surface area (Å²) in [5.41, 5.74) is 0. The molecular weight excluding hydrogens is 262 g/mol. The fraction of sp³-hybridized carbons (Fsp3) is 0.571. The third kappa shape index (κ3) is 3.23. The number of nitrogens with zero attached hydrogens (tertiary/aromatic N) is 1. The van der Waals surface area contributed by atoms with Gasteiger partial charge in [0.15, 0.2) is 0 Å². The molecule has 1 aliphatic heterocycles. The Morgan fingerprint density at radius 1 is 1.56 bits per heavy atom. The first kappa shape index (κ1) is 13.8. The minimum Gasteiger partial charge on any atom is -0.293 e. The summed E-state index contributed by atoms with van der Waals surface area (Å²) in [6.45, 7) is 4.94. The topological polar surface area (TPSA) is 20.3 Å². The molecule has 2 rings (SSSR count). The Morgan fingerprint density at radius 2 is 2.33 bits per heavy atom. The lowest BCUT2D eigenvalue weighted by Crippen LogP contribution is -2.31. The summed E-state index contributed by atoms with van der Waals surface area (Å²) < 4.78 is 0.714. The second-order valence-corrected chi connectivity index (χ2v) is 6.93. The molecule has 0 bridgehead atoms. The van der Waals surface area contributed by atoms with E-state index in [1.54, 1.807) is 4.90 Å². The molecule has 2 aliphatic rings. The van der Waals surface area contributed by atoms with E-state index >= 15 is 0 Å². The Hall–Kier alpha value is -0.610. The summed E-state index contributed by atoms with van der Waals surface area (Å²) in [4.78, 5) is 14.8. The Labute approximate surface area is 118 Å². The van der Waals surface area contributed by atoms with Crippen LogP contribution in [0.15, 0.2) is 23.1 Å². The standard InChI is InChI=1S/C14H19NOS2/c1-10(2)9-15-13(16)12(18-14(15)17)8-11-6-4-3-5-7-11/h3-4,8,10-11H,5-7,9H2,1-2H3/b12-8-/t11-/m1/s1. The van der Waals surface area contributed by atoms with Gasteiger partial charge < -0.3 is 0 Å². The van der Waals surface area contributed by atoms with E-state index in [1.165, 1.54) is 11.8 Å². The summed E-state index contributed by atoms with van der Waals surface area (Å²) in [6.07, 6.45) is 9.86. The molecule has 0 radical (unpaired) electrons. The van der Waals surface area contributed by atoms with Gasteiger partial charge in [0, 0.05) is 6.54 Å². The second kappa shape index (κ2) is 6.02. The highest BCUT2D eigenvalue weighted by atomic mass is 32.2. The first-order chi connectivity index (χ1) is 8.58. The average Bonchev–Trinajstić information content (AvgIpc) is 2.58. The van der Waals surface area contributed by atoms with Crippen LogP contribution in [0.1, 0.15) is 33.1 Å². The van der Waals surface area contributed by atoms with Crippen LogP contribution in [0.25, 0.3) is 0 Å². The van der Waals surface area contributed by atoms with Gasteiger partial charge in [0.1, 0.15) is 4.32 Å². The Kier molecular flexibility index (Phi) is 4.62. The largest absolute Gasteiger partial charge is 0.293 e. The van der Waals surface area contributed by atoms with Crippen LogP contribution >= 0.6 is 24.0 Å². The van der Waals surface area contributed by atoms with E-state index in [1.807, 2.05) is 0 Å². The maximum absolute atomic E-state index is 12.3. The molecule has 0 saturated carbocycles. The predicted octanol–water partition coefficient (Wildman–Crippen LogP) is 3.74. The molecule has 0 spiro atoms. The van der Waals surface area contributed by atoms with E-state index < -0.39 is 0 Å². The van der Waals surface area contributed by atoms with Crippen molar-refractivity contribution < 1.29 is 4.79 Å². The monoisotopic (exact) mass is 281 g/mol. The number of carbonyl (C=O) groups excluding carboxylic acids is 1. The number of hydrogen-bond donors (Lipinski definition) is 0. The second-order valence-electron chi connectivity index (χ2n) is 5.25. The molecule has 98 valence electrons. The lowest BCUT2D eigenvalue weighted by molar-refractivity contribution is -0.122. The summed E-state index contributed by atoms with van der Waals surface area (Å²) in [5, 5.41) is 0. The molecular formula is C14H19NOS2. The van der Waals surface area contributed by atoms with Crippen molar-refractivity contribution in [3.63, 3.8) is 0 Å². The maximum Gasteiger partial charge on any atom is 0.265 e. The molecule has 18 heavy (non-hydrogen) atoms. The average molecular weight is 281 g/mol. The molecule has 0 unspecified atom stereocenters. The number of allylic oxidation sites excluding steroid dienone is 3. The van der Waals surface area contributed by atoms with Crippen LogP contribution in [0.5, 0.6) is 0 Å².